The summed E-state index contributed by atoms with van der Waals surface area (Å²) in [5.41, 5.74) is 8.25. The van der Waals surface area contributed by atoms with Gasteiger partial charge in [-0.3, -0.25) is 4.98 Å². The van der Waals surface area contributed by atoms with E-state index in [1.807, 2.05) is 12.4 Å². The van der Waals surface area contributed by atoms with Crippen molar-refractivity contribution in [1.82, 2.24) is 15.0 Å². The second-order valence-corrected chi connectivity index (χ2v) is 10.1. The zero-order valence-electron chi connectivity index (χ0n) is 21.6. The summed E-state index contributed by atoms with van der Waals surface area (Å²) in [6, 6.07) is 44.7. The van der Waals surface area contributed by atoms with Crippen LogP contribution in [0.15, 0.2) is 140 Å². The molecular weight excluding hydrogens is 486 g/mol. The van der Waals surface area contributed by atoms with Crippen molar-refractivity contribution in [3.8, 4) is 33.6 Å². The lowest BCUT2D eigenvalue weighted by molar-refractivity contribution is 1.36. The highest BCUT2D eigenvalue weighted by Gasteiger charge is 2.10. The summed E-state index contributed by atoms with van der Waals surface area (Å²) in [6.07, 6.45) is 3.78. The summed E-state index contributed by atoms with van der Waals surface area (Å²) >= 11 is 0. The lowest BCUT2D eigenvalue weighted by Crippen LogP contribution is -1.91. The van der Waals surface area contributed by atoms with Crippen molar-refractivity contribution >= 4 is 43.4 Å². The largest absolute Gasteiger partial charge is 0.264 e. The zero-order valence-corrected chi connectivity index (χ0v) is 21.6. The molecule has 0 bridgehead atoms. The van der Waals surface area contributed by atoms with Gasteiger partial charge in [0.05, 0.1) is 22.4 Å². The van der Waals surface area contributed by atoms with Crippen molar-refractivity contribution in [3.63, 3.8) is 0 Å². The van der Waals surface area contributed by atoms with Crippen LogP contribution in [0.3, 0.4) is 0 Å². The minimum absolute atomic E-state index is 0.918. The topological polar surface area (TPSA) is 38.7 Å². The molecule has 40 heavy (non-hydrogen) atoms. The Kier molecular flexibility index (Phi) is 5.14. The van der Waals surface area contributed by atoms with E-state index in [-0.39, 0.29) is 0 Å². The van der Waals surface area contributed by atoms with Crippen LogP contribution in [-0.4, -0.2) is 15.0 Å². The van der Waals surface area contributed by atoms with Crippen LogP contribution >= 0.6 is 0 Å². The summed E-state index contributed by atoms with van der Waals surface area (Å²) in [7, 11) is 0. The van der Waals surface area contributed by atoms with Gasteiger partial charge in [0.2, 0.25) is 0 Å². The molecule has 8 rings (SSSR count). The summed E-state index contributed by atoms with van der Waals surface area (Å²) in [5, 5.41) is 6.95. The molecule has 3 nitrogen and oxygen atoms in total. The first kappa shape index (κ1) is 22.6. The third kappa shape index (κ3) is 3.79. The van der Waals surface area contributed by atoms with Gasteiger partial charge >= 0.3 is 0 Å². The number of rotatable bonds is 3. The standard InChI is InChI=1S/C37H23N3/c1-2-5-30-22-31(15-8-24(30)4-1)35-19-17-29-14-13-28-16-18-34(39-36(28)37(29)40-35)27-11-9-26(10-12-27)32-7-3-6-25-20-21-38-23-33(25)32/h1-23H. The van der Waals surface area contributed by atoms with Crippen molar-refractivity contribution in [3.05, 3.63) is 140 Å². The fourth-order valence-corrected chi connectivity index (χ4v) is 5.62. The number of pyridine rings is 3. The van der Waals surface area contributed by atoms with E-state index >= 15 is 0 Å². The second-order valence-electron chi connectivity index (χ2n) is 10.1. The van der Waals surface area contributed by atoms with Crippen LogP contribution in [0, 0.1) is 0 Å². The van der Waals surface area contributed by atoms with Gasteiger partial charge in [0, 0.05) is 39.7 Å². The highest BCUT2D eigenvalue weighted by atomic mass is 14.8. The highest BCUT2D eigenvalue weighted by Crippen LogP contribution is 2.32. The summed E-state index contributed by atoms with van der Waals surface area (Å²) in [5.74, 6) is 0. The smallest absolute Gasteiger partial charge is 0.0972 e. The van der Waals surface area contributed by atoms with Gasteiger partial charge in [0.1, 0.15) is 0 Å². The van der Waals surface area contributed by atoms with Gasteiger partial charge in [0.25, 0.3) is 0 Å². The monoisotopic (exact) mass is 509 g/mol. The third-order valence-corrected chi connectivity index (χ3v) is 7.74. The van der Waals surface area contributed by atoms with Gasteiger partial charge in [-0.05, 0) is 51.6 Å². The van der Waals surface area contributed by atoms with E-state index < -0.39 is 0 Å². The SMILES string of the molecule is c1ccc2cc(-c3ccc4ccc5ccc(-c6ccc(-c7cccc8ccncc78)cc6)nc5c4n3)ccc2c1. The average Bonchev–Trinajstić information content (AvgIpc) is 3.04. The number of fused-ring (bicyclic) bond motifs is 5. The van der Waals surface area contributed by atoms with E-state index in [0.29, 0.717) is 0 Å². The van der Waals surface area contributed by atoms with Gasteiger partial charge in [-0.15, -0.1) is 0 Å². The number of aromatic nitrogens is 3. The Morgan fingerprint density at radius 1 is 0.400 bits per heavy atom. The number of nitrogens with zero attached hydrogens (tertiary/aromatic N) is 3. The number of hydrogen-bond donors (Lipinski definition) is 0. The first-order chi connectivity index (χ1) is 19.8. The Bertz CT molecular complexity index is 2210. The van der Waals surface area contributed by atoms with E-state index in [4.69, 9.17) is 9.97 Å². The summed E-state index contributed by atoms with van der Waals surface area (Å²) < 4.78 is 0. The minimum atomic E-state index is 0.918. The Labute approximate surface area is 231 Å². The molecule has 0 amide bonds. The molecule has 186 valence electrons. The molecular formula is C37H23N3. The van der Waals surface area contributed by atoms with Crippen molar-refractivity contribution < 1.29 is 0 Å². The second kappa shape index (κ2) is 9.11. The molecule has 0 spiro atoms. The molecule has 0 radical (unpaired) electrons. The molecule has 0 aliphatic heterocycles. The van der Waals surface area contributed by atoms with E-state index in [9.17, 15) is 0 Å². The van der Waals surface area contributed by atoms with Gasteiger partial charge in [-0.25, -0.2) is 9.97 Å². The van der Waals surface area contributed by atoms with Crippen LogP contribution in [0.4, 0.5) is 0 Å². The molecule has 3 heteroatoms. The van der Waals surface area contributed by atoms with Crippen LogP contribution in [0.5, 0.6) is 0 Å². The van der Waals surface area contributed by atoms with Crippen molar-refractivity contribution in [2.45, 2.75) is 0 Å². The van der Waals surface area contributed by atoms with Crippen LogP contribution in [0.25, 0.3) is 77.0 Å². The van der Waals surface area contributed by atoms with Crippen LogP contribution in [0.2, 0.25) is 0 Å². The van der Waals surface area contributed by atoms with Crippen LogP contribution in [-0.2, 0) is 0 Å². The lowest BCUT2D eigenvalue weighted by atomic mass is 9.98. The molecule has 0 N–H and O–H groups in total. The van der Waals surface area contributed by atoms with E-state index in [0.717, 1.165) is 55.3 Å². The first-order valence-electron chi connectivity index (χ1n) is 13.4. The van der Waals surface area contributed by atoms with Crippen molar-refractivity contribution in [1.29, 1.82) is 0 Å². The third-order valence-electron chi connectivity index (χ3n) is 7.74. The molecule has 0 unspecified atom stereocenters. The fourth-order valence-electron chi connectivity index (χ4n) is 5.62. The fraction of sp³-hybridized carbons (Fsp3) is 0. The Hall–Kier alpha value is -5.41. The van der Waals surface area contributed by atoms with Gasteiger partial charge in [-0.2, -0.15) is 0 Å². The normalized spacial score (nSPS) is 11.5. The molecule has 0 aliphatic rings. The van der Waals surface area contributed by atoms with Gasteiger partial charge in [-0.1, -0.05) is 103 Å². The van der Waals surface area contributed by atoms with Crippen molar-refractivity contribution in [2.24, 2.45) is 0 Å². The molecule has 0 atom stereocenters. The molecule has 0 fully saturated rings. The van der Waals surface area contributed by atoms with Crippen LogP contribution in [0.1, 0.15) is 0 Å². The zero-order chi connectivity index (χ0) is 26.5. The maximum atomic E-state index is 5.14. The Balaban J connectivity index is 1.22. The highest BCUT2D eigenvalue weighted by molar-refractivity contribution is 6.04. The number of hydrogen-bond acceptors (Lipinski definition) is 3. The minimum Gasteiger partial charge on any atom is -0.264 e. The Morgan fingerprint density at radius 2 is 1.00 bits per heavy atom. The quantitative estimate of drug-likeness (QED) is 0.223. The van der Waals surface area contributed by atoms with Crippen LogP contribution < -0.4 is 0 Å². The molecule has 0 saturated heterocycles. The molecule has 3 aromatic heterocycles. The van der Waals surface area contributed by atoms with Gasteiger partial charge < -0.3 is 0 Å². The van der Waals surface area contributed by atoms with Gasteiger partial charge in [0.15, 0.2) is 0 Å². The maximum Gasteiger partial charge on any atom is 0.0972 e. The molecule has 3 heterocycles. The molecule has 5 aromatic carbocycles. The molecule has 0 aliphatic carbocycles. The van der Waals surface area contributed by atoms with E-state index in [2.05, 4.69) is 132 Å². The summed E-state index contributed by atoms with van der Waals surface area (Å²) in [4.78, 5) is 14.6. The molecule has 8 aromatic rings. The average molecular weight is 510 g/mol. The molecule has 0 saturated carbocycles. The predicted octanol–water partition coefficient (Wildman–Crippen LogP) is 9.49. The predicted molar refractivity (Wildman–Crippen MR) is 166 cm³/mol. The Morgan fingerprint density at radius 3 is 1.77 bits per heavy atom. The van der Waals surface area contributed by atoms with Crippen molar-refractivity contribution in [2.75, 3.05) is 0 Å². The first-order valence-corrected chi connectivity index (χ1v) is 13.4. The van der Waals surface area contributed by atoms with E-state index in [1.54, 1.807) is 0 Å². The maximum absolute atomic E-state index is 5.14. The lowest BCUT2D eigenvalue weighted by Gasteiger charge is -2.10. The summed E-state index contributed by atoms with van der Waals surface area (Å²) in [6.45, 7) is 0. The number of benzene rings is 5. The van der Waals surface area contributed by atoms with E-state index in [1.165, 1.54) is 21.7 Å².